The largest absolute Gasteiger partial charge is 0.459 e. The Morgan fingerprint density at radius 3 is 2.45 bits per heavy atom. The van der Waals surface area contributed by atoms with Gasteiger partial charge in [0.05, 0.1) is 18.5 Å². The molecule has 8 nitrogen and oxygen atoms in total. The van der Waals surface area contributed by atoms with Gasteiger partial charge in [0.15, 0.2) is 5.76 Å². The summed E-state index contributed by atoms with van der Waals surface area (Å²) in [6.45, 7) is 3.30. The minimum Gasteiger partial charge on any atom is -0.459 e. The molecule has 0 saturated carbocycles. The number of carbonyl (C=O) groups is 1. The van der Waals surface area contributed by atoms with Crippen LogP contribution in [0.3, 0.4) is 0 Å². The lowest BCUT2D eigenvalue weighted by Crippen LogP contribution is -2.50. The summed E-state index contributed by atoms with van der Waals surface area (Å²) < 4.78 is 34.5. The molecule has 0 radical (unpaired) electrons. The predicted molar refractivity (Wildman–Crippen MR) is 106 cm³/mol. The number of aryl methyl sites for hydroxylation is 1. The zero-order valence-electron chi connectivity index (χ0n) is 16.1. The quantitative estimate of drug-likeness (QED) is 0.637. The van der Waals surface area contributed by atoms with Gasteiger partial charge >= 0.3 is 0 Å². The maximum atomic E-state index is 13.1. The van der Waals surface area contributed by atoms with Gasteiger partial charge in [-0.15, -0.1) is 0 Å². The molecular formula is C20H22N4O4S. The van der Waals surface area contributed by atoms with Crippen LogP contribution in [0.4, 0.5) is 0 Å². The number of hydrogen-bond donors (Lipinski definition) is 0. The number of piperazine rings is 1. The molecular weight excluding hydrogens is 392 g/mol. The smallest absolute Gasteiger partial charge is 0.289 e. The number of amides is 1. The summed E-state index contributed by atoms with van der Waals surface area (Å²) in [7, 11) is -3.68. The highest BCUT2D eigenvalue weighted by atomic mass is 32.2. The van der Waals surface area contributed by atoms with Crippen molar-refractivity contribution in [2.24, 2.45) is 0 Å². The van der Waals surface area contributed by atoms with Crippen molar-refractivity contribution in [1.29, 1.82) is 0 Å². The monoisotopic (exact) mass is 414 g/mol. The predicted octanol–water partition coefficient (Wildman–Crippen LogP) is 1.98. The van der Waals surface area contributed by atoms with E-state index in [-0.39, 0.29) is 29.7 Å². The number of sulfonamides is 1. The number of hydrogen-bond acceptors (Lipinski definition) is 5. The Morgan fingerprint density at radius 1 is 1.07 bits per heavy atom. The van der Waals surface area contributed by atoms with Crippen LogP contribution >= 0.6 is 0 Å². The summed E-state index contributed by atoms with van der Waals surface area (Å²) in [6, 6.07) is 13.0. The molecule has 1 fully saturated rings. The Kier molecular flexibility index (Phi) is 5.25. The maximum Gasteiger partial charge on any atom is 0.289 e. The number of carbonyl (C=O) groups excluding carboxylic acids is 1. The highest BCUT2D eigenvalue weighted by Gasteiger charge is 2.33. The van der Waals surface area contributed by atoms with Gasteiger partial charge in [0, 0.05) is 32.4 Å². The lowest BCUT2D eigenvalue weighted by atomic mass is 10.2. The second kappa shape index (κ2) is 7.84. The van der Waals surface area contributed by atoms with E-state index in [1.165, 1.54) is 10.6 Å². The van der Waals surface area contributed by atoms with Crippen LogP contribution in [0.25, 0.3) is 0 Å². The topological polar surface area (TPSA) is 88.7 Å². The van der Waals surface area contributed by atoms with Crippen LogP contribution in [0.15, 0.2) is 64.2 Å². The molecule has 3 aromatic rings. The molecule has 0 aliphatic carbocycles. The van der Waals surface area contributed by atoms with Crippen LogP contribution in [-0.4, -0.2) is 59.5 Å². The first kappa shape index (κ1) is 19.4. The van der Waals surface area contributed by atoms with E-state index in [4.69, 9.17) is 4.42 Å². The minimum absolute atomic E-state index is 0.208. The van der Waals surface area contributed by atoms with Crippen molar-refractivity contribution < 1.29 is 17.6 Å². The molecule has 1 amide bonds. The summed E-state index contributed by atoms with van der Waals surface area (Å²) in [5.41, 5.74) is 1.51. The van der Waals surface area contributed by atoms with E-state index in [0.717, 1.165) is 5.56 Å². The SMILES string of the molecule is Cc1nn(Cc2ccccc2)cc1S(=O)(=O)N1CCN(C(=O)c2ccco2)CC1. The lowest BCUT2D eigenvalue weighted by Gasteiger charge is -2.33. The molecule has 1 aliphatic heterocycles. The number of furan rings is 1. The first-order valence-corrected chi connectivity index (χ1v) is 10.8. The molecule has 2 aromatic heterocycles. The van der Waals surface area contributed by atoms with Gasteiger partial charge in [-0.3, -0.25) is 9.48 Å². The third kappa shape index (κ3) is 3.96. The fourth-order valence-corrected chi connectivity index (χ4v) is 5.02. The van der Waals surface area contributed by atoms with Crippen molar-refractivity contribution in [2.75, 3.05) is 26.2 Å². The molecule has 29 heavy (non-hydrogen) atoms. The molecule has 9 heteroatoms. The number of aromatic nitrogens is 2. The molecule has 0 unspecified atom stereocenters. The van der Waals surface area contributed by atoms with Gasteiger partial charge in [0.1, 0.15) is 4.90 Å². The number of rotatable bonds is 5. The molecule has 0 spiro atoms. The molecule has 1 saturated heterocycles. The summed E-state index contributed by atoms with van der Waals surface area (Å²) in [5.74, 6) is 0.0400. The number of nitrogens with zero attached hydrogens (tertiary/aromatic N) is 4. The van der Waals surface area contributed by atoms with Crippen molar-refractivity contribution in [3.05, 3.63) is 71.9 Å². The molecule has 0 bridgehead atoms. The molecule has 0 N–H and O–H groups in total. The van der Waals surface area contributed by atoms with Gasteiger partial charge < -0.3 is 9.32 Å². The van der Waals surface area contributed by atoms with E-state index < -0.39 is 10.0 Å². The summed E-state index contributed by atoms with van der Waals surface area (Å²) >= 11 is 0. The fourth-order valence-electron chi connectivity index (χ4n) is 3.43. The Balaban J connectivity index is 1.46. The van der Waals surface area contributed by atoms with Crippen molar-refractivity contribution in [3.8, 4) is 0 Å². The standard InChI is InChI=1S/C20H22N4O4S/c1-16-19(15-23(21-16)14-17-6-3-2-4-7-17)29(26,27)24-11-9-22(10-12-24)20(25)18-8-5-13-28-18/h2-8,13,15H,9-12,14H2,1H3. The second-order valence-electron chi connectivity index (χ2n) is 6.94. The van der Waals surface area contributed by atoms with Crippen LogP contribution in [0.2, 0.25) is 0 Å². The molecule has 4 rings (SSSR count). The van der Waals surface area contributed by atoms with Crippen LogP contribution in [0.1, 0.15) is 21.8 Å². The first-order valence-electron chi connectivity index (χ1n) is 9.36. The Labute approximate surface area is 169 Å². The number of benzene rings is 1. The van der Waals surface area contributed by atoms with E-state index in [2.05, 4.69) is 5.10 Å². The maximum absolute atomic E-state index is 13.1. The van der Waals surface area contributed by atoms with E-state index in [0.29, 0.717) is 25.3 Å². The van der Waals surface area contributed by atoms with E-state index >= 15 is 0 Å². The first-order chi connectivity index (χ1) is 13.9. The normalized spacial score (nSPS) is 15.6. The Bertz CT molecular complexity index is 1080. The van der Waals surface area contributed by atoms with Gasteiger partial charge in [-0.05, 0) is 24.6 Å². The van der Waals surface area contributed by atoms with Gasteiger partial charge in [-0.1, -0.05) is 30.3 Å². The summed E-state index contributed by atoms with van der Waals surface area (Å²) in [5, 5.41) is 4.38. The van der Waals surface area contributed by atoms with Crippen LogP contribution in [-0.2, 0) is 16.6 Å². The van der Waals surface area contributed by atoms with Crippen molar-refractivity contribution >= 4 is 15.9 Å². The highest BCUT2D eigenvalue weighted by Crippen LogP contribution is 2.21. The van der Waals surface area contributed by atoms with Gasteiger partial charge in [-0.25, -0.2) is 8.42 Å². The Morgan fingerprint density at radius 2 is 1.79 bits per heavy atom. The molecule has 1 aromatic carbocycles. The lowest BCUT2D eigenvalue weighted by molar-refractivity contribution is 0.0666. The van der Waals surface area contributed by atoms with Crippen molar-refractivity contribution in [2.45, 2.75) is 18.4 Å². The minimum atomic E-state index is -3.68. The van der Waals surface area contributed by atoms with E-state index in [9.17, 15) is 13.2 Å². The van der Waals surface area contributed by atoms with Crippen LogP contribution in [0, 0.1) is 6.92 Å². The van der Waals surface area contributed by atoms with Gasteiger partial charge in [0.2, 0.25) is 10.0 Å². The summed E-state index contributed by atoms with van der Waals surface area (Å²) in [6.07, 6.45) is 3.03. The molecule has 0 atom stereocenters. The van der Waals surface area contributed by atoms with E-state index in [1.807, 2.05) is 30.3 Å². The van der Waals surface area contributed by atoms with E-state index in [1.54, 1.807) is 34.8 Å². The average molecular weight is 414 g/mol. The highest BCUT2D eigenvalue weighted by molar-refractivity contribution is 7.89. The van der Waals surface area contributed by atoms with Crippen molar-refractivity contribution in [1.82, 2.24) is 19.0 Å². The van der Waals surface area contributed by atoms with Crippen LogP contribution in [0.5, 0.6) is 0 Å². The average Bonchev–Trinajstić information content (AvgIpc) is 3.38. The molecule has 1 aliphatic rings. The summed E-state index contributed by atoms with van der Waals surface area (Å²) in [4.78, 5) is 14.2. The fraction of sp³-hybridized carbons (Fsp3) is 0.300. The van der Waals surface area contributed by atoms with Gasteiger partial charge in [0.25, 0.3) is 5.91 Å². The zero-order chi connectivity index (χ0) is 20.4. The molecule has 152 valence electrons. The third-order valence-corrected chi connectivity index (χ3v) is 6.97. The third-order valence-electron chi connectivity index (χ3n) is 4.96. The Hall–Kier alpha value is -2.91. The van der Waals surface area contributed by atoms with Gasteiger partial charge in [-0.2, -0.15) is 9.40 Å². The molecule has 3 heterocycles. The zero-order valence-corrected chi connectivity index (χ0v) is 16.9. The second-order valence-corrected chi connectivity index (χ2v) is 8.84. The van der Waals surface area contributed by atoms with Crippen LogP contribution < -0.4 is 0 Å². The van der Waals surface area contributed by atoms with Crippen molar-refractivity contribution in [3.63, 3.8) is 0 Å².